The molecule has 2 aromatic rings. The van der Waals surface area contributed by atoms with Crippen LogP contribution in [0.1, 0.15) is 35.7 Å². The molecule has 150 valence electrons. The van der Waals surface area contributed by atoms with Crippen LogP contribution >= 0.6 is 0 Å². The van der Waals surface area contributed by atoms with Gasteiger partial charge in [-0.05, 0) is 43.8 Å². The van der Waals surface area contributed by atoms with Crippen molar-refractivity contribution >= 4 is 11.7 Å². The quantitative estimate of drug-likeness (QED) is 0.712. The van der Waals surface area contributed by atoms with Crippen molar-refractivity contribution in [3.8, 4) is 5.75 Å². The predicted octanol–water partition coefficient (Wildman–Crippen LogP) is 2.94. The third-order valence-electron chi connectivity index (χ3n) is 4.99. The van der Waals surface area contributed by atoms with Gasteiger partial charge in [0.1, 0.15) is 11.6 Å². The van der Waals surface area contributed by atoms with Gasteiger partial charge in [0, 0.05) is 50.0 Å². The van der Waals surface area contributed by atoms with E-state index in [2.05, 4.69) is 34.1 Å². The van der Waals surface area contributed by atoms with Gasteiger partial charge in [0.2, 0.25) is 0 Å². The molecule has 1 aromatic carbocycles. The Bertz CT molecular complexity index is 755. The summed E-state index contributed by atoms with van der Waals surface area (Å²) >= 11 is 0. The van der Waals surface area contributed by atoms with E-state index in [4.69, 9.17) is 4.74 Å². The molecule has 6 heteroatoms. The molecule has 1 aliphatic rings. The maximum Gasteiger partial charge on any atom is 0.251 e. The fraction of sp³-hybridized carbons (Fsp3) is 0.455. The first-order chi connectivity index (χ1) is 13.7. The Morgan fingerprint density at radius 2 is 1.89 bits per heavy atom. The molecule has 1 aromatic heterocycles. The molecule has 0 aliphatic carbocycles. The molecule has 0 atom stereocenters. The molecule has 0 saturated carbocycles. The van der Waals surface area contributed by atoms with E-state index in [1.807, 2.05) is 30.5 Å². The summed E-state index contributed by atoms with van der Waals surface area (Å²) in [6.45, 7) is 7.25. The monoisotopic (exact) mass is 382 g/mol. The van der Waals surface area contributed by atoms with Crippen LogP contribution in [0.15, 0.2) is 42.6 Å². The lowest BCUT2D eigenvalue weighted by Gasteiger charge is -2.34. The first-order valence-corrected chi connectivity index (χ1v) is 10.1. The van der Waals surface area contributed by atoms with E-state index >= 15 is 0 Å². The zero-order valence-corrected chi connectivity index (χ0v) is 16.9. The van der Waals surface area contributed by atoms with Gasteiger partial charge in [-0.2, -0.15) is 0 Å². The predicted molar refractivity (Wildman–Crippen MR) is 112 cm³/mol. The second-order valence-corrected chi connectivity index (χ2v) is 7.19. The highest BCUT2D eigenvalue weighted by Crippen LogP contribution is 2.19. The summed E-state index contributed by atoms with van der Waals surface area (Å²) in [6, 6.07) is 11.3. The molecule has 1 N–H and O–H groups in total. The molecule has 1 saturated heterocycles. The van der Waals surface area contributed by atoms with Crippen molar-refractivity contribution in [2.24, 2.45) is 0 Å². The van der Waals surface area contributed by atoms with Crippen molar-refractivity contribution in [2.45, 2.75) is 26.3 Å². The molecule has 1 amide bonds. The minimum atomic E-state index is -0.0895. The number of nitrogens with one attached hydrogen (secondary N) is 1. The van der Waals surface area contributed by atoms with Gasteiger partial charge >= 0.3 is 0 Å². The number of amides is 1. The molecule has 0 bridgehead atoms. The molecular formula is C22H30N4O2. The van der Waals surface area contributed by atoms with Gasteiger partial charge < -0.3 is 19.9 Å². The number of hydrogen-bond acceptors (Lipinski definition) is 5. The van der Waals surface area contributed by atoms with Crippen molar-refractivity contribution in [1.29, 1.82) is 0 Å². The van der Waals surface area contributed by atoms with Crippen molar-refractivity contribution in [2.75, 3.05) is 44.7 Å². The highest BCUT2D eigenvalue weighted by Gasteiger charge is 2.18. The topological polar surface area (TPSA) is 57.7 Å². The molecular weight excluding hydrogens is 352 g/mol. The molecule has 28 heavy (non-hydrogen) atoms. The van der Waals surface area contributed by atoms with Gasteiger partial charge in [0.15, 0.2) is 0 Å². The Balaban J connectivity index is 1.57. The van der Waals surface area contributed by atoms with Crippen LogP contribution in [-0.4, -0.2) is 55.6 Å². The molecule has 0 spiro atoms. The summed E-state index contributed by atoms with van der Waals surface area (Å²) in [6.07, 6.45) is 3.95. The van der Waals surface area contributed by atoms with E-state index in [1.165, 1.54) is 0 Å². The van der Waals surface area contributed by atoms with Gasteiger partial charge in [-0.25, -0.2) is 4.98 Å². The number of ether oxygens (including phenoxy) is 1. The maximum atomic E-state index is 12.5. The second kappa shape index (κ2) is 10.1. The lowest BCUT2D eigenvalue weighted by Crippen LogP contribution is -2.45. The molecule has 1 fully saturated rings. The number of anilines is 1. The average Bonchev–Trinajstić information content (AvgIpc) is 2.73. The van der Waals surface area contributed by atoms with Crippen LogP contribution in [0.5, 0.6) is 5.75 Å². The Hall–Kier alpha value is -2.60. The van der Waals surface area contributed by atoms with Crippen molar-refractivity contribution in [1.82, 2.24) is 15.2 Å². The third-order valence-corrected chi connectivity index (χ3v) is 4.99. The van der Waals surface area contributed by atoms with Crippen molar-refractivity contribution in [3.05, 3.63) is 53.7 Å². The SMILES string of the molecule is CCCCOc1ccc(C(=O)NCc2cccnc2N2CCN(C)CC2)cc1. The Kier molecular flexibility index (Phi) is 7.25. The molecule has 1 aliphatic heterocycles. The van der Waals surface area contributed by atoms with Crippen LogP contribution in [0.3, 0.4) is 0 Å². The molecule has 6 nitrogen and oxygen atoms in total. The van der Waals surface area contributed by atoms with Crippen LogP contribution in [0.25, 0.3) is 0 Å². The number of pyridine rings is 1. The lowest BCUT2D eigenvalue weighted by molar-refractivity contribution is 0.0951. The number of aromatic nitrogens is 1. The molecule has 0 unspecified atom stereocenters. The summed E-state index contributed by atoms with van der Waals surface area (Å²) < 4.78 is 5.65. The van der Waals surface area contributed by atoms with Crippen LogP contribution in [0.2, 0.25) is 0 Å². The highest BCUT2D eigenvalue weighted by atomic mass is 16.5. The van der Waals surface area contributed by atoms with Gasteiger partial charge in [-0.15, -0.1) is 0 Å². The number of unbranched alkanes of at least 4 members (excludes halogenated alkanes) is 1. The maximum absolute atomic E-state index is 12.5. The Labute approximate surface area is 167 Å². The average molecular weight is 383 g/mol. The standard InChI is InChI=1S/C22H30N4O2/c1-3-4-16-28-20-9-7-18(8-10-20)22(27)24-17-19-6-5-11-23-21(19)26-14-12-25(2)13-15-26/h5-11H,3-4,12-17H2,1-2H3,(H,24,27). The molecule has 3 rings (SSSR count). The lowest BCUT2D eigenvalue weighted by atomic mass is 10.2. The fourth-order valence-corrected chi connectivity index (χ4v) is 3.19. The van der Waals surface area contributed by atoms with E-state index < -0.39 is 0 Å². The van der Waals surface area contributed by atoms with Gasteiger partial charge in [0.05, 0.1) is 6.61 Å². The van der Waals surface area contributed by atoms with Gasteiger partial charge in [-0.1, -0.05) is 19.4 Å². The van der Waals surface area contributed by atoms with E-state index in [1.54, 1.807) is 12.1 Å². The van der Waals surface area contributed by atoms with Crippen LogP contribution in [-0.2, 0) is 6.54 Å². The number of nitrogens with zero attached hydrogens (tertiary/aromatic N) is 3. The summed E-state index contributed by atoms with van der Waals surface area (Å²) in [5.74, 6) is 1.68. The highest BCUT2D eigenvalue weighted by molar-refractivity contribution is 5.94. The van der Waals surface area contributed by atoms with E-state index in [0.29, 0.717) is 18.7 Å². The number of likely N-dealkylation sites (N-methyl/N-ethyl adjacent to an activating group) is 1. The number of carbonyl (C=O) groups excluding carboxylic acids is 1. The summed E-state index contributed by atoms with van der Waals surface area (Å²) in [4.78, 5) is 21.7. The van der Waals surface area contributed by atoms with E-state index in [9.17, 15) is 4.79 Å². The number of piperazine rings is 1. The number of hydrogen-bond donors (Lipinski definition) is 1. The van der Waals surface area contributed by atoms with Gasteiger partial charge in [0.25, 0.3) is 5.91 Å². The summed E-state index contributed by atoms with van der Waals surface area (Å²) in [5, 5.41) is 3.02. The minimum absolute atomic E-state index is 0.0895. The number of carbonyl (C=O) groups is 1. The first kappa shape index (κ1) is 20.1. The number of rotatable bonds is 8. The summed E-state index contributed by atoms with van der Waals surface area (Å²) in [5.41, 5.74) is 1.67. The van der Waals surface area contributed by atoms with Crippen LogP contribution < -0.4 is 15.0 Å². The zero-order chi connectivity index (χ0) is 19.8. The van der Waals surface area contributed by atoms with Crippen molar-refractivity contribution in [3.63, 3.8) is 0 Å². The third kappa shape index (κ3) is 5.45. The van der Waals surface area contributed by atoms with E-state index in [0.717, 1.165) is 56.2 Å². The van der Waals surface area contributed by atoms with Crippen LogP contribution in [0, 0.1) is 0 Å². The first-order valence-electron chi connectivity index (χ1n) is 10.1. The second-order valence-electron chi connectivity index (χ2n) is 7.19. The number of benzene rings is 1. The van der Waals surface area contributed by atoms with Crippen molar-refractivity contribution < 1.29 is 9.53 Å². The van der Waals surface area contributed by atoms with Gasteiger partial charge in [-0.3, -0.25) is 4.79 Å². The zero-order valence-electron chi connectivity index (χ0n) is 16.9. The largest absolute Gasteiger partial charge is 0.494 e. The minimum Gasteiger partial charge on any atom is -0.494 e. The fourth-order valence-electron chi connectivity index (χ4n) is 3.19. The molecule has 0 radical (unpaired) electrons. The Morgan fingerprint density at radius 1 is 1.14 bits per heavy atom. The molecule has 2 heterocycles. The van der Waals surface area contributed by atoms with E-state index in [-0.39, 0.29) is 5.91 Å². The van der Waals surface area contributed by atoms with Crippen LogP contribution in [0.4, 0.5) is 5.82 Å². The normalized spacial score (nSPS) is 14.7. The summed E-state index contributed by atoms with van der Waals surface area (Å²) in [7, 11) is 2.14. The smallest absolute Gasteiger partial charge is 0.251 e. The Morgan fingerprint density at radius 3 is 2.61 bits per heavy atom.